The summed E-state index contributed by atoms with van der Waals surface area (Å²) in [5.41, 5.74) is 0.889. The van der Waals surface area contributed by atoms with Crippen molar-refractivity contribution in [3.8, 4) is 0 Å². The van der Waals surface area contributed by atoms with Gasteiger partial charge in [-0.15, -0.1) is 11.3 Å². The van der Waals surface area contributed by atoms with Crippen LogP contribution in [0.4, 0.5) is 10.1 Å². The summed E-state index contributed by atoms with van der Waals surface area (Å²) < 4.78 is 13.8. The first-order valence-corrected chi connectivity index (χ1v) is 6.57. The third-order valence-electron chi connectivity index (χ3n) is 2.79. The standard InChI is InChI=1S/C14H14FNOS/c1-16(7-6-12-3-2-8-18-12)14-5-4-11(10-17)9-13(14)15/h2-5,8-10H,6-7H2,1H3. The molecule has 2 aromatic rings. The lowest BCUT2D eigenvalue weighted by Crippen LogP contribution is -2.21. The zero-order chi connectivity index (χ0) is 13.0. The van der Waals surface area contributed by atoms with Gasteiger partial charge in [0.1, 0.15) is 12.1 Å². The van der Waals surface area contributed by atoms with E-state index in [0.717, 1.165) is 13.0 Å². The Bertz CT molecular complexity index is 525. The second kappa shape index (κ2) is 5.78. The van der Waals surface area contributed by atoms with Crippen LogP contribution in [0.1, 0.15) is 15.2 Å². The Morgan fingerprint density at radius 1 is 1.39 bits per heavy atom. The molecule has 1 aromatic heterocycles. The smallest absolute Gasteiger partial charge is 0.150 e. The fraction of sp³-hybridized carbons (Fsp3) is 0.214. The van der Waals surface area contributed by atoms with Gasteiger partial charge in [0.2, 0.25) is 0 Å². The first-order chi connectivity index (χ1) is 8.70. The third-order valence-corrected chi connectivity index (χ3v) is 3.73. The molecule has 0 aliphatic carbocycles. The molecule has 0 unspecified atom stereocenters. The number of hydrogen-bond acceptors (Lipinski definition) is 3. The number of rotatable bonds is 5. The number of carbonyl (C=O) groups excluding carboxylic acids is 1. The summed E-state index contributed by atoms with van der Waals surface area (Å²) in [5.74, 6) is -0.353. The summed E-state index contributed by atoms with van der Waals surface area (Å²) in [4.78, 5) is 13.7. The van der Waals surface area contributed by atoms with E-state index in [-0.39, 0.29) is 5.82 Å². The molecule has 0 saturated heterocycles. The van der Waals surface area contributed by atoms with Crippen molar-refractivity contribution < 1.29 is 9.18 Å². The van der Waals surface area contributed by atoms with Gasteiger partial charge in [0.25, 0.3) is 0 Å². The van der Waals surface area contributed by atoms with Gasteiger partial charge in [-0.05, 0) is 36.1 Å². The topological polar surface area (TPSA) is 20.3 Å². The highest BCUT2D eigenvalue weighted by Gasteiger charge is 2.08. The molecule has 1 heterocycles. The monoisotopic (exact) mass is 263 g/mol. The Morgan fingerprint density at radius 3 is 2.83 bits per heavy atom. The van der Waals surface area contributed by atoms with Crippen LogP contribution < -0.4 is 4.90 Å². The molecule has 0 bridgehead atoms. The van der Waals surface area contributed by atoms with Crippen molar-refractivity contribution in [1.29, 1.82) is 0 Å². The quantitative estimate of drug-likeness (QED) is 0.771. The van der Waals surface area contributed by atoms with Gasteiger partial charge in [0.05, 0.1) is 5.69 Å². The minimum atomic E-state index is -0.353. The largest absolute Gasteiger partial charge is 0.372 e. The highest BCUT2D eigenvalue weighted by Crippen LogP contribution is 2.19. The van der Waals surface area contributed by atoms with E-state index in [0.29, 0.717) is 17.5 Å². The average Bonchev–Trinajstić information content (AvgIpc) is 2.88. The number of halogens is 1. The second-order valence-electron chi connectivity index (χ2n) is 4.08. The fourth-order valence-corrected chi connectivity index (χ4v) is 2.46. The number of benzene rings is 1. The van der Waals surface area contributed by atoms with Crippen molar-refractivity contribution in [2.45, 2.75) is 6.42 Å². The first kappa shape index (κ1) is 12.8. The van der Waals surface area contributed by atoms with Crippen LogP contribution in [0.5, 0.6) is 0 Å². The summed E-state index contributed by atoms with van der Waals surface area (Å²) >= 11 is 1.70. The van der Waals surface area contributed by atoms with Gasteiger partial charge in [0.15, 0.2) is 0 Å². The Labute approximate surface area is 110 Å². The summed E-state index contributed by atoms with van der Waals surface area (Å²) in [6, 6.07) is 8.63. The molecule has 94 valence electrons. The third kappa shape index (κ3) is 2.96. The van der Waals surface area contributed by atoms with Crippen molar-refractivity contribution in [1.82, 2.24) is 0 Å². The van der Waals surface area contributed by atoms with Crippen LogP contribution in [0, 0.1) is 5.82 Å². The molecule has 0 aliphatic heterocycles. The lowest BCUT2D eigenvalue weighted by Gasteiger charge is -2.19. The maximum Gasteiger partial charge on any atom is 0.150 e. The summed E-state index contributed by atoms with van der Waals surface area (Å²) in [6.45, 7) is 0.748. The van der Waals surface area contributed by atoms with Gasteiger partial charge in [-0.1, -0.05) is 6.07 Å². The Kier molecular flexibility index (Phi) is 4.10. The number of carbonyl (C=O) groups is 1. The van der Waals surface area contributed by atoms with E-state index in [1.807, 2.05) is 23.4 Å². The summed E-state index contributed by atoms with van der Waals surface area (Å²) in [6.07, 6.45) is 1.54. The molecule has 0 fully saturated rings. The highest BCUT2D eigenvalue weighted by atomic mass is 32.1. The summed E-state index contributed by atoms with van der Waals surface area (Å²) in [7, 11) is 1.85. The van der Waals surface area contributed by atoms with E-state index in [4.69, 9.17) is 0 Å². The maximum atomic E-state index is 13.8. The molecular weight excluding hydrogens is 249 g/mol. The van der Waals surface area contributed by atoms with Gasteiger partial charge in [0, 0.05) is 24.0 Å². The van der Waals surface area contributed by atoms with Crippen LogP contribution >= 0.6 is 11.3 Å². The fourth-order valence-electron chi connectivity index (χ4n) is 1.76. The van der Waals surface area contributed by atoms with E-state index in [1.165, 1.54) is 10.9 Å². The lowest BCUT2D eigenvalue weighted by atomic mass is 10.2. The predicted molar refractivity (Wildman–Crippen MR) is 73.1 cm³/mol. The van der Waals surface area contributed by atoms with Gasteiger partial charge in [-0.25, -0.2) is 4.39 Å². The molecule has 0 atom stereocenters. The van der Waals surface area contributed by atoms with Crippen LogP contribution in [-0.2, 0) is 6.42 Å². The van der Waals surface area contributed by atoms with Crippen molar-refractivity contribution in [2.24, 2.45) is 0 Å². The van der Waals surface area contributed by atoms with E-state index in [9.17, 15) is 9.18 Å². The van der Waals surface area contributed by atoms with E-state index < -0.39 is 0 Å². The zero-order valence-electron chi connectivity index (χ0n) is 10.1. The van der Waals surface area contributed by atoms with Crippen LogP contribution in [0.3, 0.4) is 0 Å². The number of thiophene rings is 1. The number of hydrogen-bond donors (Lipinski definition) is 0. The average molecular weight is 263 g/mol. The van der Waals surface area contributed by atoms with Gasteiger partial charge < -0.3 is 4.90 Å². The van der Waals surface area contributed by atoms with Crippen molar-refractivity contribution >= 4 is 23.3 Å². The number of anilines is 1. The van der Waals surface area contributed by atoms with E-state index >= 15 is 0 Å². The van der Waals surface area contributed by atoms with E-state index in [1.54, 1.807) is 23.5 Å². The van der Waals surface area contributed by atoms with Gasteiger partial charge in [-0.2, -0.15) is 0 Å². The normalized spacial score (nSPS) is 10.3. The highest BCUT2D eigenvalue weighted by molar-refractivity contribution is 7.09. The Hall–Kier alpha value is -1.68. The Balaban J connectivity index is 2.04. The first-order valence-electron chi connectivity index (χ1n) is 5.69. The number of aldehydes is 1. The second-order valence-corrected chi connectivity index (χ2v) is 5.11. The molecule has 0 saturated carbocycles. The predicted octanol–water partition coefficient (Wildman–Crippen LogP) is 3.38. The minimum absolute atomic E-state index is 0.353. The lowest BCUT2D eigenvalue weighted by molar-refractivity contribution is 0.112. The maximum absolute atomic E-state index is 13.8. The van der Waals surface area contributed by atoms with Crippen LogP contribution in [0.25, 0.3) is 0 Å². The molecule has 0 radical (unpaired) electrons. The molecular formula is C14H14FNOS. The molecule has 2 rings (SSSR count). The molecule has 2 nitrogen and oxygen atoms in total. The minimum Gasteiger partial charge on any atom is -0.372 e. The Morgan fingerprint density at radius 2 is 2.22 bits per heavy atom. The summed E-state index contributed by atoms with van der Waals surface area (Å²) in [5, 5.41) is 2.04. The molecule has 18 heavy (non-hydrogen) atoms. The van der Waals surface area contributed by atoms with Crippen LogP contribution in [0.15, 0.2) is 35.7 Å². The van der Waals surface area contributed by atoms with Crippen LogP contribution in [-0.4, -0.2) is 19.9 Å². The number of likely N-dealkylation sites (N-methyl/N-ethyl adjacent to an activating group) is 1. The van der Waals surface area contributed by atoms with E-state index in [2.05, 4.69) is 6.07 Å². The van der Waals surface area contributed by atoms with Crippen molar-refractivity contribution in [3.05, 3.63) is 52.0 Å². The van der Waals surface area contributed by atoms with Gasteiger partial charge >= 0.3 is 0 Å². The molecule has 0 N–H and O–H groups in total. The molecule has 1 aromatic carbocycles. The zero-order valence-corrected chi connectivity index (χ0v) is 10.9. The van der Waals surface area contributed by atoms with Crippen molar-refractivity contribution in [2.75, 3.05) is 18.5 Å². The number of nitrogens with zero attached hydrogens (tertiary/aromatic N) is 1. The molecule has 0 spiro atoms. The molecule has 4 heteroatoms. The van der Waals surface area contributed by atoms with Crippen LogP contribution in [0.2, 0.25) is 0 Å². The molecule has 0 aliphatic rings. The SMILES string of the molecule is CN(CCc1cccs1)c1ccc(C=O)cc1F. The molecule has 0 amide bonds. The van der Waals surface area contributed by atoms with Crippen molar-refractivity contribution in [3.63, 3.8) is 0 Å². The van der Waals surface area contributed by atoms with Gasteiger partial charge in [-0.3, -0.25) is 4.79 Å².